The molecule has 0 saturated carbocycles. The zero-order valence-electron chi connectivity index (χ0n) is 78.4. The molecule has 20 aromatic carbocycles. The Hall–Kier alpha value is -19.3. The van der Waals surface area contributed by atoms with Crippen LogP contribution in [-0.4, -0.2) is 58.1 Å². The average molecular weight is 1870 g/mol. The Bertz CT molecular complexity index is 9530. The van der Waals surface area contributed by atoms with Crippen molar-refractivity contribution < 1.29 is 0 Å². The Morgan fingerprint density at radius 1 is 0.172 bits per heavy atom. The van der Waals surface area contributed by atoms with Gasteiger partial charge in [0.1, 0.15) is 0 Å². The van der Waals surface area contributed by atoms with Gasteiger partial charge >= 0.3 is 0 Å². The van der Waals surface area contributed by atoms with E-state index in [9.17, 15) is 0 Å². The molecule has 8 heterocycles. The highest BCUT2D eigenvalue weighted by Gasteiger charge is 2.32. The summed E-state index contributed by atoms with van der Waals surface area (Å²) in [5.74, 6) is 4.41. The van der Waals surface area contributed by atoms with E-state index in [1.807, 2.05) is 121 Å². The van der Waals surface area contributed by atoms with E-state index >= 15 is 0 Å². The van der Waals surface area contributed by atoms with Crippen molar-refractivity contribution in [1.29, 1.82) is 0 Å². The minimum absolute atomic E-state index is 0.553. The van der Waals surface area contributed by atoms with Gasteiger partial charge in [0.15, 0.2) is 29.1 Å². The molecule has 0 aliphatic rings. The summed E-state index contributed by atoms with van der Waals surface area (Å²) >= 11 is 1.86. The fraction of sp³-hybridized carbons (Fsp3) is 0. The lowest BCUT2D eigenvalue weighted by Gasteiger charge is -2.16. The Morgan fingerprint density at radius 2 is 0.517 bits per heavy atom. The van der Waals surface area contributed by atoms with Gasteiger partial charge in [-0.1, -0.05) is 449 Å². The van der Waals surface area contributed by atoms with Crippen LogP contribution in [0.15, 0.2) is 522 Å². The largest absolute Gasteiger partial charge is 0.309 e. The lowest BCUT2D eigenvalue weighted by Crippen LogP contribution is -2.08. The summed E-state index contributed by atoms with van der Waals surface area (Å²) in [5.41, 5.74) is 28.8. The van der Waals surface area contributed by atoms with Crippen molar-refractivity contribution in [2.24, 2.45) is 0 Å². The summed E-state index contributed by atoms with van der Waals surface area (Å²) in [6.45, 7) is 0. The van der Waals surface area contributed by atoms with Crippen LogP contribution in [0.2, 0.25) is 0 Å². The van der Waals surface area contributed by atoms with Crippen LogP contribution < -0.4 is 0 Å². The highest BCUT2D eigenvalue weighted by atomic mass is 32.1. The molecule has 0 atom stereocenters. The predicted octanol–water partition coefficient (Wildman–Crippen LogP) is 33.8. The molecule has 680 valence electrons. The van der Waals surface area contributed by atoms with E-state index in [-0.39, 0.29) is 0 Å². The molecule has 0 bridgehead atoms. The van der Waals surface area contributed by atoms with Crippen molar-refractivity contribution in [2.75, 3.05) is 0 Å². The van der Waals surface area contributed by atoms with Gasteiger partial charge in [-0.25, -0.2) is 29.9 Å². The number of para-hydroxylation sites is 5. The van der Waals surface area contributed by atoms with Crippen LogP contribution in [0.3, 0.4) is 0 Å². The van der Waals surface area contributed by atoms with E-state index in [0.717, 1.165) is 139 Å². The molecule has 0 amide bonds. The summed E-state index contributed by atoms with van der Waals surface area (Å²) in [5, 5.41) is 12.3. The molecule has 12 nitrogen and oxygen atoms in total. The summed E-state index contributed by atoms with van der Waals surface area (Å²) in [7, 11) is 0. The van der Waals surface area contributed by atoms with Crippen LogP contribution in [0.4, 0.5) is 0 Å². The maximum Gasteiger partial charge on any atom is 0.238 e. The number of thiophene rings is 1. The number of rotatable bonds is 16. The van der Waals surface area contributed by atoms with Crippen LogP contribution in [0.1, 0.15) is 0 Å². The van der Waals surface area contributed by atoms with Gasteiger partial charge in [0.25, 0.3) is 0 Å². The molecule has 0 fully saturated rings. The van der Waals surface area contributed by atoms with Gasteiger partial charge in [-0.3, -0.25) is 9.13 Å². The Morgan fingerprint density at radius 3 is 1.03 bits per heavy atom. The SMILES string of the molecule is c1ccc(-c2cc(-c3ccccc3)nc(-n3c4ccccc4c4ccc(-c5cccc6c5sc5ccccc56)cc43)n2)cc1.c1ccc(-c2nc(-c3ccccc3)nc(-c3ccc(-c4ccc5c6c7ccccc7ccc6n(-c6ccccc6)c5c4)cc3)n2)cc1.c1ccc(-c2nc(-c3ccccc3)nc(-n3c(-c4ccccc4)c(-c4c(-c5ccccc5)n(-c5ccccc5)c5ccccc45)c4ccccc43)n2)cc1. The minimum Gasteiger partial charge on any atom is -0.309 e. The number of hydrogen-bond acceptors (Lipinski definition) is 9. The first-order valence-electron chi connectivity index (χ1n) is 48.7. The first kappa shape index (κ1) is 86.0. The second-order valence-electron chi connectivity index (χ2n) is 36.0. The molecule has 145 heavy (non-hydrogen) atoms. The Labute approximate surface area is 840 Å². The summed E-state index contributed by atoms with van der Waals surface area (Å²) < 4.78 is 11.9. The van der Waals surface area contributed by atoms with E-state index < -0.39 is 0 Å². The molecule has 0 radical (unpaired) electrons. The van der Waals surface area contributed by atoms with E-state index in [4.69, 9.17) is 39.9 Å². The number of aromatic nitrogens is 12. The van der Waals surface area contributed by atoms with Crippen LogP contribution >= 0.6 is 11.3 Å². The van der Waals surface area contributed by atoms with E-state index in [1.165, 1.54) is 74.6 Å². The van der Waals surface area contributed by atoms with Crippen LogP contribution in [0.5, 0.6) is 0 Å². The molecule has 0 aliphatic heterocycles. The number of fused-ring (bicyclic) bond motifs is 13. The molecule has 8 aromatic heterocycles. The monoisotopic (exact) mass is 1870 g/mol. The number of nitrogens with zero attached hydrogens (tertiary/aromatic N) is 12. The van der Waals surface area contributed by atoms with Gasteiger partial charge in [0.05, 0.1) is 55.9 Å². The molecule has 13 heteroatoms. The number of hydrogen-bond donors (Lipinski definition) is 0. The number of benzene rings is 20. The maximum atomic E-state index is 5.27. The van der Waals surface area contributed by atoms with Crippen molar-refractivity contribution in [2.45, 2.75) is 0 Å². The van der Waals surface area contributed by atoms with Crippen LogP contribution in [0.25, 0.3) is 255 Å². The molecule has 0 spiro atoms. The smallest absolute Gasteiger partial charge is 0.238 e. The zero-order valence-corrected chi connectivity index (χ0v) is 79.2. The molecule has 28 rings (SSSR count). The van der Waals surface area contributed by atoms with E-state index in [1.54, 1.807) is 0 Å². The van der Waals surface area contributed by atoms with Crippen molar-refractivity contribution in [1.82, 2.24) is 58.1 Å². The van der Waals surface area contributed by atoms with Crippen molar-refractivity contribution >= 4 is 108 Å². The Kier molecular flexibility index (Phi) is 22.2. The van der Waals surface area contributed by atoms with E-state index in [2.05, 4.69) is 431 Å². The molecule has 0 aliphatic carbocycles. The minimum atomic E-state index is 0.553. The van der Waals surface area contributed by atoms with Gasteiger partial charge in [-0.15, -0.1) is 11.3 Å². The zero-order chi connectivity index (χ0) is 96.0. The maximum absolute atomic E-state index is 5.27. The van der Waals surface area contributed by atoms with Crippen molar-refractivity contribution in [3.8, 4) is 159 Å². The van der Waals surface area contributed by atoms with E-state index in [0.29, 0.717) is 41.0 Å². The first-order valence-corrected chi connectivity index (χ1v) is 49.5. The third kappa shape index (κ3) is 16.0. The summed E-state index contributed by atoms with van der Waals surface area (Å²) in [6, 6.07) is 183. The van der Waals surface area contributed by atoms with Crippen LogP contribution in [0, 0.1) is 0 Å². The fourth-order valence-electron chi connectivity index (χ4n) is 20.6. The normalized spacial score (nSPS) is 11.4. The molecule has 0 unspecified atom stereocenters. The standard InChI is InChI=1S/C49H33N5.C43H28N4.C40H25N3S/c1-6-20-34(21-7-1)45-43(39-30-16-18-32-41(39)53(45)38-28-14-5-15-29-38)44-40-31-17-19-33-42(40)54(46(44)35-22-8-2-9-23-35)49-51-47(36-24-10-3-11-25-36)50-48(52-49)37-26-12-4-13-27-37;1-4-13-31(14-5-1)41-44-42(32-15-6-2-7-16-32)46-43(45-41)33-22-20-29(21-23-33)34-24-26-37-39(28-34)47(35-17-8-3-9-18-35)38-27-25-30-12-10-11-19-36(30)40(37)38;1-3-12-26(13-4-1)34-25-35(27-14-5-2-6-15-27)42-40(41-34)43-36-20-9-7-16-30(36)31-23-22-28(24-37(31)43)29-18-11-19-33-32-17-8-10-21-38(32)44-39(29)33/h1-33H;1-28H;1-25H. The third-order valence-electron chi connectivity index (χ3n) is 27.3. The molecule has 0 N–H and O–H groups in total. The average Bonchev–Trinajstić information content (AvgIpc) is 1.55. The second kappa shape index (κ2) is 37.4. The molecular weight excluding hydrogens is 1790 g/mol. The topological polar surface area (TPSA) is 123 Å². The Balaban J connectivity index is 0.000000111. The lowest BCUT2D eigenvalue weighted by molar-refractivity contribution is 0.938. The summed E-state index contributed by atoms with van der Waals surface area (Å²) in [4.78, 5) is 40.7. The quantitative estimate of drug-likeness (QED) is 0.0937. The van der Waals surface area contributed by atoms with Gasteiger partial charge in [0, 0.05) is 114 Å². The highest BCUT2D eigenvalue weighted by Crippen LogP contribution is 2.52. The summed E-state index contributed by atoms with van der Waals surface area (Å²) in [6.07, 6.45) is 0. The first-order chi connectivity index (χ1) is 71.9. The van der Waals surface area contributed by atoms with Crippen molar-refractivity contribution in [3.05, 3.63) is 522 Å². The van der Waals surface area contributed by atoms with Gasteiger partial charge in [-0.2, -0.15) is 9.97 Å². The van der Waals surface area contributed by atoms with Crippen molar-refractivity contribution in [3.63, 3.8) is 0 Å². The highest BCUT2D eigenvalue weighted by molar-refractivity contribution is 7.26. The fourth-order valence-corrected chi connectivity index (χ4v) is 21.9. The third-order valence-corrected chi connectivity index (χ3v) is 28.5. The predicted molar refractivity (Wildman–Crippen MR) is 600 cm³/mol. The second-order valence-corrected chi connectivity index (χ2v) is 37.0. The molecule has 0 saturated heterocycles. The van der Waals surface area contributed by atoms with Crippen LogP contribution in [-0.2, 0) is 0 Å². The lowest BCUT2D eigenvalue weighted by atomic mass is 9.93. The van der Waals surface area contributed by atoms with Gasteiger partial charge < -0.3 is 9.13 Å². The molecular formula is C132H86N12S. The van der Waals surface area contributed by atoms with Gasteiger partial charge in [-0.05, 0) is 117 Å². The van der Waals surface area contributed by atoms with Gasteiger partial charge in [0.2, 0.25) is 11.9 Å². The molecule has 28 aromatic rings.